The highest BCUT2D eigenvalue weighted by molar-refractivity contribution is 7.21. The van der Waals surface area contributed by atoms with Crippen molar-refractivity contribution in [3.05, 3.63) is 58.5 Å². The molecule has 26 heavy (non-hydrogen) atoms. The summed E-state index contributed by atoms with van der Waals surface area (Å²) in [6.45, 7) is 0. The van der Waals surface area contributed by atoms with E-state index in [9.17, 15) is 4.79 Å². The van der Waals surface area contributed by atoms with Crippen molar-refractivity contribution in [1.82, 2.24) is 5.01 Å². The number of benzene rings is 2. The lowest BCUT2D eigenvalue weighted by atomic mass is 9.98. The van der Waals surface area contributed by atoms with Crippen molar-refractivity contribution in [2.24, 2.45) is 5.10 Å². The van der Waals surface area contributed by atoms with Crippen LogP contribution < -0.4 is 9.47 Å². The van der Waals surface area contributed by atoms with Crippen LogP contribution in [-0.2, 0) is 11.2 Å². The van der Waals surface area contributed by atoms with E-state index in [1.807, 2.05) is 24.3 Å². The van der Waals surface area contributed by atoms with E-state index in [1.165, 1.54) is 9.71 Å². The minimum absolute atomic E-state index is 0.0606. The number of thiophene rings is 1. The zero-order chi connectivity index (χ0) is 18.3. The molecule has 0 aliphatic carbocycles. The standard InChI is InChI=1S/C20H18N2O3S/c1-22-19(23)10-13-8-15(24-2)16(25-3)11-14(13)20(21-22)18-9-12-6-4-5-7-17(12)26-18/h4-9,11H,10H2,1-3H3. The fourth-order valence-electron chi connectivity index (χ4n) is 3.11. The first-order chi connectivity index (χ1) is 12.6. The summed E-state index contributed by atoms with van der Waals surface area (Å²) in [5, 5.41) is 7.19. The van der Waals surface area contributed by atoms with Gasteiger partial charge in [-0.15, -0.1) is 11.3 Å². The Hall–Kier alpha value is -2.86. The summed E-state index contributed by atoms with van der Waals surface area (Å²) in [4.78, 5) is 13.4. The quantitative estimate of drug-likeness (QED) is 0.710. The highest BCUT2D eigenvalue weighted by atomic mass is 32.1. The molecule has 0 N–H and O–H groups in total. The number of nitrogens with zero attached hydrogens (tertiary/aromatic N) is 2. The van der Waals surface area contributed by atoms with Crippen LogP contribution >= 0.6 is 11.3 Å². The average Bonchev–Trinajstić information content (AvgIpc) is 3.04. The maximum absolute atomic E-state index is 12.4. The van der Waals surface area contributed by atoms with E-state index in [0.29, 0.717) is 11.5 Å². The molecule has 1 aliphatic rings. The topological polar surface area (TPSA) is 51.1 Å². The lowest BCUT2D eigenvalue weighted by Gasteiger charge is -2.13. The van der Waals surface area contributed by atoms with Gasteiger partial charge in [-0.05, 0) is 35.2 Å². The summed E-state index contributed by atoms with van der Waals surface area (Å²) in [6.07, 6.45) is 0.268. The number of hydrazone groups is 1. The predicted octanol–water partition coefficient (Wildman–Crippen LogP) is 3.69. The Morgan fingerprint density at radius 3 is 2.54 bits per heavy atom. The van der Waals surface area contributed by atoms with Gasteiger partial charge in [0.05, 0.1) is 25.5 Å². The van der Waals surface area contributed by atoms with Gasteiger partial charge < -0.3 is 9.47 Å². The van der Waals surface area contributed by atoms with Crippen LogP contribution in [0.25, 0.3) is 10.1 Å². The number of hydrogen-bond acceptors (Lipinski definition) is 5. The summed E-state index contributed by atoms with van der Waals surface area (Å²) in [5.74, 6) is 1.17. The third-order valence-electron chi connectivity index (χ3n) is 4.48. The maximum Gasteiger partial charge on any atom is 0.246 e. The van der Waals surface area contributed by atoms with Gasteiger partial charge in [0, 0.05) is 17.3 Å². The number of rotatable bonds is 3. The van der Waals surface area contributed by atoms with Crippen molar-refractivity contribution < 1.29 is 14.3 Å². The minimum atomic E-state index is -0.0606. The van der Waals surface area contributed by atoms with Gasteiger partial charge in [-0.1, -0.05) is 18.2 Å². The first-order valence-corrected chi connectivity index (χ1v) is 9.01. The van der Waals surface area contributed by atoms with Gasteiger partial charge in [0.1, 0.15) is 5.71 Å². The van der Waals surface area contributed by atoms with Gasteiger partial charge in [-0.3, -0.25) is 4.79 Å². The van der Waals surface area contributed by atoms with Crippen molar-refractivity contribution in [3.63, 3.8) is 0 Å². The molecule has 0 saturated heterocycles. The predicted molar refractivity (Wildman–Crippen MR) is 103 cm³/mol. The van der Waals surface area contributed by atoms with E-state index >= 15 is 0 Å². The number of likely N-dealkylation sites (N-methyl/N-ethyl adjacent to an activating group) is 1. The van der Waals surface area contributed by atoms with E-state index in [0.717, 1.165) is 27.1 Å². The van der Waals surface area contributed by atoms with Crippen LogP contribution in [-0.4, -0.2) is 37.9 Å². The summed E-state index contributed by atoms with van der Waals surface area (Å²) in [5.41, 5.74) is 2.55. The number of fused-ring (bicyclic) bond motifs is 2. The molecular formula is C20H18N2O3S. The molecule has 0 atom stereocenters. The van der Waals surface area contributed by atoms with Crippen molar-refractivity contribution in [2.45, 2.75) is 6.42 Å². The maximum atomic E-state index is 12.4. The van der Waals surface area contributed by atoms with Crippen molar-refractivity contribution in [2.75, 3.05) is 21.3 Å². The second kappa shape index (κ2) is 6.46. The fraction of sp³-hybridized carbons (Fsp3) is 0.200. The number of amides is 1. The Morgan fingerprint density at radius 1 is 1.08 bits per heavy atom. The minimum Gasteiger partial charge on any atom is -0.493 e. The molecule has 6 heteroatoms. The van der Waals surface area contributed by atoms with Gasteiger partial charge in [0.15, 0.2) is 11.5 Å². The zero-order valence-electron chi connectivity index (χ0n) is 14.8. The molecule has 0 spiro atoms. The van der Waals surface area contributed by atoms with E-state index in [1.54, 1.807) is 32.6 Å². The van der Waals surface area contributed by atoms with Crippen LogP contribution in [0, 0.1) is 0 Å². The number of carbonyl (C=O) groups excluding carboxylic acids is 1. The van der Waals surface area contributed by atoms with Gasteiger partial charge >= 0.3 is 0 Å². The highest BCUT2D eigenvalue weighted by Gasteiger charge is 2.25. The Balaban J connectivity index is 1.95. The summed E-state index contributed by atoms with van der Waals surface area (Å²) in [6, 6.07) is 14.1. The second-order valence-electron chi connectivity index (χ2n) is 6.06. The largest absolute Gasteiger partial charge is 0.493 e. The van der Waals surface area contributed by atoms with Crippen molar-refractivity contribution in [3.8, 4) is 11.5 Å². The normalized spacial score (nSPS) is 14.0. The van der Waals surface area contributed by atoms with Crippen LogP contribution in [0.2, 0.25) is 0 Å². The Labute approximate surface area is 155 Å². The molecular weight excluding hydrogens is 348 g/mol. The third kappa shape index (κ3) is 2.72. The molecule has 0 radical (unpaired) electrons. The number of carbonyl (C=O) groups is 1. The molecule has 0 bridgehead atoms. The van der Waals surface area contributed by atoms with Gasteiger partial charge in [0.2, 0.25) is 5.91 Å². The highest BCUT2D eigenvalue weighted by Crippen LogP contribution is 2.35. The molecule has 0 unspecified atom stereocenters. The van der Waals surface area contributed by atoms with Crippen LogP contribution in [0.3, 0.4) is 0 Å². The molecule has 5 nitrogen and oxygen atoms in total. The number of hydrogen-bond donors (Lipinski definition) is 0. The van der Waals surface area contributed by atoms with Gasteiger partial charge in [-0.25, -0.2) is 5.01 Å². The summed E-state index contributed by atoms with van der Waals surface area (Å²) in [7, 11) is 4.89. The summed E-state index contributed by atoms with van der Waals surface area (Å²) >= 11 is 1.66. The second-order valence-corrected chi connectivity index (χ2v) is 7.14. The SMILES string of the molecule is COc1cc2c(cc1OC)C(c1cc3ccccc3s1)=NN(C)C(=O)C2. The Kier molecular flexibility index (Phi) is 4.12. The Bertz CT molecular complexity index is 1010. The molecule has 0 saturated carbocycles. The van der Waals surface area contributed by atoms with Crippen molar-refractivity contribution in [1.29, 1.82) is 0 Å². The number of ether oxygens (including phenoxy) is 2. The third-order valence-corrected chi connectivity index (χ3v) is 5.60. The zero-order valence-corrected chi connectivity index (χ0v) is 15.6. The van der Waals surface area contributed by atoms with Crippen LogP contribution in [0.4, 0.5) is 0 Å². The van der Waals surface area contributed by atoms with E-state index < -0.39 is 0 Å². The van der Waals surface area contributed by atoms with E-state index in [2.05, 4.69) is 23.3 Å². The van der Waals surface area contributed by atoms with Crippen molar-refractivity contribution >= 4 is 33.0 Å². The molecule has 1 amide bonds. The molecule has 0 fully saturated rings. The van der Waals surface area contributed by atoms with Gasteiger partial charge in [0.25, 0.3) is 0 Å². The monoisotopic (exact) mass is 366 g/mol. The van der Waals surface area contributed by atoms with Crippen LogP contribution in [0.15, 0.2) is 47.6 Å². The van der Waals surface area contributed by atoms with E-state index in [4.69, 9.17) is 9.47 Å². The molecule has 1 aromatic heterocycles. The summed E-state index contributed by atoms with van der Waals surface area (Å²) < 4.78 is 12.1. The smallest absolute Gasteiger partial charge is 0.246 e. The lowest BCUT2D eigenvalue weighted by molar-refractivity contribution is -0.129. The fourth-order valence-corrected chi connectivity index (χ4v) is 4.17. The molecule has 1 aliphatic heterocycles. The van der Waals surface area contributed by atoms with Gasteiger partial charge in [-0.2, -0.15) is 5.10 Å². The first kappa shape index (κ1) is 16.6. The molecule has 4 rings (SSSR count). The Morgan fingerprint density at radius 2 is 1.81 bits per heavy atom. The van der Waals surface area contributed by atoms with Crippen LogP contribution in [0.1, 0.15) is 16.0 Å². The van der Waals surface area contributed by atoms with E-state index in [-0.39, 0.29) is 12.3 Å². The molecule has 2 aromatic carbocycles. The lowest BCUT2D eigenvalue weighted by Crippen LogP contribution is -2.22. The molecule has 132 valence electrons. The average molecular weight is 366 g/mol. The first-order valence-electron chi connectivity index (χ1n) is 8.20. The van der Waals surface area contributed by atoms with Crippen LogP contribution in [0.5, 0.6) is 11.5 Å². The number of methoxy groups -OCH3 is 2. The molecule has 3 aromatic rings. The molecule has 2 heterocycles.